The predicted octanol–water partition coefficient (Wildman–Crippen LogP) is 0.677. The first-order valence-electron chi connectivity index (χ1n) is 5.59. The number of carbonyl (C=O) groups is 1. The van der Waals surface area contributed by atoms with Gasteiger partial charge in [-0.15, -0.1) is 5.10 Å². The van der Waals surface area contributed by atoms with E-state index in [4.69, 9.17) is 5.14 Å². The fraction of sp³-hybridized carbons (Fsp3) is 0.182. The summed E-state index contributed by atoms with van der Waals surface area (Å²) in [4.78, 5) is 12.2. The Morgan fingerprint density at radius 3 is 2.80 bits per heavy atom. The lowest BCUT2D eigenvalue weighted by Crippen LogP contribution is -2.26. The van der Waals surface area contributed by atoms with Crippen LogP contribution in [0.25, 0.3) is 0 Å². The first kappa shape index (κ1) is 14.6. The van der Waals surface area contributed by atoms with Crippen LogP contribution in [0, 0.1) is 0 Å². The third kappa shape index (κ3) is 3.38. The number of nitrogens with two attached hydrogens (primary N) is 1. The lowest BCUT2D eigenvalue weighted by atomic mass is 10.1. The molecule has 0 saturated heterocycles. The SMILES string of the molecule is CC(NC(=O)c1cnns1)c1cccc(S(N)(=O)=O)c1. The van der Waals surface area contributed by atoms with Gasteiger partial charge in [0.1, 0.15) is 4.88 Å². The van der Waals surface area contributed by atoms with Gasteiger partial charge in [-0.1, -0.05) is 16.6 Å². The quantitative estimate of drug-likeness (QED) is 0.861. The minimum Gasteiger partial charge on any atom is -0.345 e. The van der Waals surface area contributed by atoms with Crippen molar-refractivity contribution in [2.45, 2.75) is 17.9 Å². The number of nitrogens with zero attached hydrogens (tertiary/aromatic N) is 2. The molecule has 7 nitrogen and oxygen atoms in total. The van der Waals surface area contributed by atoms with Crippen molar-refractivity contribution in [2.75, 3.05) is 0 Å². The molecule has 1 unspecified atom stereocenters. The van der Waals surface area contributed by atoms with Gasteiger partial charge in [-0.05, 0) is 36.2 Å². The lowest BCUT2D eigenvalue weighted by Gasteiger charge is -2.14. The Hall–Kier alpha value is -1.84. The number of nitrogens with one attached hydrogen (secondary N) is 1. The van der Waals surface area contributed by atoms with Gasteiger partial charge in [-0.25, -0.2) is 13.6 Å². The zero-order valence-electron chi connectivity index (χ0n) is 10.5. The van der Waals surface area contributed by atoms with Crippen LogP contribution in [0.3, 0.4) is 0 Å². The van der Waals surface area contributed by atoms with Gasteiger partial charge in [0.15, 0.2) is 0 Å². The van der Waals surface area contributed by atoms with Crippen molar-refractivity contribution in [1.29, 1.82) is 0 Å². The Morgan fingerprint density at radius 2 is 2.20 bits per heavy atom. The Kier molecular flexibility index (Phi) is 4.12. The van der Waals surface area contributed by atoms with Crippen LogP contribution < -0.4 is 10.5 Å². The van der Waals surface area contributed by atoms with Crippen LogP contribution in [0.15, 0.2) is 35.4 Å². The van der Waals surface area contributed by atoms with Gasteiger partial charge in [0.2, 0.25) is 10.0 Å². The van der Waals surface area contributed by atoms with Crippen LogP contribution in [-0.2, 0) is 10.0 Å². The summed E-state index contributed by atoms with van der Waals surface area (Å²) in [6.45, 7) is 1.74. The summed E-state index contributed by atoms with van der Waals surface area (Å²) in [5, 5.41) is 11.4. The molecular weight excluding hydrogens is 300 g/mol. The molecule has 9 heteroatoms. The second-order valence-electron chi connectivity index (χ2n) is 4.09. The molecule has 0 fully saturated rings. The van der Waals surface area contributed by atoms with Gasteiger partial charge in [0, 0.05) is 0 Å². The first-order valence-corrected chi connectivity index (χ1v) is 7.91. The molecule has 0 aliphatic carbocycles. The fourth-order valence-electron chi connectivity index (χ4n) is 1.58. The van der Waals surface area contributed by atoms with Gasteiger partial charge in [-0.3, -0.25) is 4.79 Å². The van der Waals surface area contributed by atoms with Crippen LogP contribution in [0.2, 0.25) is 0 Å². The third-order valence-electron chi connectivity index (χ3n) is 2.62. The van der Waals surface area contributed by atoms with Crippen LogP contribution >= 0.6 is 11.5 Å². The van der Waals surface area contributed by atoms with E-state index in [1.54, 1.807) is 19.1 Å². The number of sulfonamides is 1. The summed E-state index contributed by atoms with van der Waals surface area (Å²) in [6.07, 6.45) is 1.37. The van der Waals surface area contributed by atoms with Gasteiger partial charge in [0.05, 0.1) is 17.1 Å². The molecule has 20 heavy (non-hydrogen) atoms. The molecule has 2 rings (SSSR count). The molecular formula is C11H12N4O3S2. The van der Waals surface area contributed by atoms with Gasteiger partial charge >= 0.3 is 0 Å². The Morgan fingerprint density at radius 1 is 1.45 bits per heavy atom. The van der Waals surface area contributed by atoms with Crippen molar-refractivity contribution in [2.24, 2.45) is 5.14 Å². The number of carbonyl (C=O) groups excluding carboxylic acids is 1. The average molecular weight is 312 g/mol. The van der Waals surface area contributed by atoms with E-state index in [1.165, 1.54) is 18.3 Å². The maximum Gasteiger partial charge on any atom is 0.265 e. The summed E-state index contributed by atoms with van der Waals surface area (Å²) in [6, 6.07) is 5.76. The average Bonchev–Trinajstić information content (AvgIpc) is 2.91. The van der Waals surface area contributed by atoms with E-state index in [1.807, 2.05) is 0 Å². The smallest absolute Gasteiger partial charge is 0.265 e. The zero-order valence-corrected chi connectivity index (χ0v) is 12.1. The fourth-order valence-corrected chi connectivity index (χ4v) is 2.57. The Balaban J connectivity index is 2.18. The minimum atomic E-state index is -3.76. The molecule has 1 atom stereocenters. The van der Waals surface area contributed by atoms with Crippen LogP contribution in [0.5, 0.6) is 0 Å². The molecule has 3 N–H and O–H groups in total. The van der Waals surface area contributed by atoms with Crippen LogP contribution in [-0.4, -0.2) is 23.9 Å². The highest BCUT2D eigenvalue weighted by Crippen LogP contribution is 2.17. The third-order valence-corrected chi connectivity index (χ3v) is 4.19. The molecule has 1 aromatic heterocycles. The number of hydrogen-bond acceptors (Lipinski definition) is 6. The second-order valence-corrected chi connectivity index (χ2v) is 6.44. The van der Waals surface area contributed by atoms with E-state index in [0.29, 0.717) is 10.4 Å². The lowest BCUT2D eigenvalue weighted by molar-refractivity contribution is 0.0943. The summed E-state index contributed by atoms with van der Waals surface area (Å²) in [7, 11) is -3.76. The van der Waals surface area contributed by atoms with Gasteiger partial charge in [-0.2, -0.15) is 0 Å². The number of hydrogen-bond donors (Lipinski definition) is 2. The largest absolute Gasteiger partial charge is 0.345 e. The minimum absolute atomic E-state index is 0.00977. The summed E-state index contributed by atoms with van der Waals surface area (Å²) in [5.74, 6) is -0.312. The molecule has 0 spiro atoms. The highest BCUT2D eigenvalue weighted by molar-refractivity contribution is 7.89. The maximum absolute atomic E-state index is 11.8. The normalized spacial score (nSPS) is 12.9. The van der Waals surface area contributed by atoms with E-state index < -0.39 is 10.0 Å². The van der Waals surface area contributed by atoms with E-state index in [-0.39, 0.29) is 16.8 Å². The van der Waals surface area contributed by atoms with E-state index in [2.05, 4.69) is 14.9 Å². The summed E-state index contributed by atoms with van der Waals surface area (Å²) >= 11 is 0.987. The highest BCUT2D eigenvalue weighted by atomic mass is 32.2. The molecule has 0 bridgehead atoms. The number of rotatable bonds is 4. The van der Waals surface area contributed by atoms with Crippen molar-refractivity contribution in [3.63, 3.8) is 0 Å². The van der Waals surface area contributed by atoms with Gasteiger partial charge < -0.3 is 5.32 Å². The molecule has 0 radical (unpaired) electrons. The second kappa shape index (κ2) is 5.65. The van der Waals surface area contributed by atoms with Crippen molar-refractivity contribution in [1.82, 2.24) is 14.9 Å². The molecule has 0 saturated carbocycles. The summed E-state index contributed by atoms with van der Waals surface area (Å²) < 4.78 is 26.2. The molecule has 1 heterocycles. The molecule has 0 aliphatic heterocycles. The molecule has 2 aromatic rings. The van der Waals surface area contributed by atoms with Crippen LogP contribution in [0.4, 0.5) is 0 Å². The number of aromatic nitrogens is 2. The highest BCUT2D eigenvalue weighted by Gasteiger charge is 2.15. The number of benzene rings is 1. The number of primary sulfonamides is 1. The van der Waals surface area contributed by atoms with E-state index >= 15 is 0 Å². The topological polar surface area (TPSA) is 115 Å². The molecule has 1 aromatic carbocycles. The van der Waals surface area contributed by atoms with Gasteiger partial charge in [0.25, 0.3) is 5.91 Å². The molecule has 1 amide bonds. The Labute approximate surface area is 120 Å². The molecule has 106 valence electrons. The predicted molar refractivity (Wildman–Crippen MR) is 73.6 cm³/mol. The standard InChI is InChI=1S/C11H12N4O3S2/c1-7(14-11(16)10-6-13-15-19-10)8-3-2-4-9(5-8)20(12,17)18/h2-7H,1H3,(H,14,16)(H2,12,17,18). The molecule has 0 aliphatic rings. The van der Waals surface area contributed by atoms with Crippen molar-refractivity contribution in [3.05, 3.63) is 40.9 Å². The van der Waals surface area contributed by atoms with Crippen molar-refractivity contribution >= 4 is 27.5 Å². The monoisotopic (exact) mass is 312 g/mol. The van der Waals surface area contributed by atoms with Crippen molar-refractivity contribution < 1.29 is 13.2 Å². The maximum atomic E-state index is 11.8. The van der Waals surface area contributed by atoms with E-state index in [0.717, 1.165) is 11.5 Å². The van der Waals surface area contributed by atoms with E-state index in [9.17, 15) is 13.2 Å². The number of amides is 1. The zero-order chi connectivity index (χ0) is 14.8. The Bertz CT molecular complexity index is 713. The van der Waals surface area contributed by atoms with Crippen molar-refractivity contribution in [3.8, 4) is 0 Å². The van der Waals surface area contributed by atoms with Crippen LogP contribution in [0.1, 0.15) is 28.2 Å². The summed E-state index contributed by atoms with van der Waals surface area (Å²) in [5.41, 5.74) is 0.641. The first-order chi connectivity index (χ1) is 9.38.